The molecule has 2 saturated carbocycles. The van der Waals surface area contributed by atoms with E-state index in [2.05, 4.69) is 6.07 Å². The van der Waals surface area contributed by atoms with Crippen LogP contribution in [0.5, 0.6) is 0 Å². The summed E-state index contributed by atoms with van der Waals surface area (Å²) in [7, 11) is 0. The number of anilines is 1. The number of rotatable bonds is 6. The minimum Gasteiger partial charge on any atom is -0.481 e. The third-order valence-electron chi connectivity index (χ3n) is 8.44. The van der Waals surface area contributed by atoms with Crippen molar-refractivity contribution in [3.8, 4) is 0 Å². The highest BCUT2D eigenvalue weighted by Crippen LogP contribution is 2.53. The van der Waals surface area contributed by atoms with Crippen LogP contribution in [0.2, 0.25) is 5.02 Å². The predicted molar refractivity (Wildman–Crippen MR) is 139 cm³/mol. The molecule has 1 heterocycles. The molecule has 194 valence electrons. The van der Waals surface area contributed by atoms with Gasteiger partial charge in [-0.05, 0) is 67.3 Å². The summed E-state index contributed by atoms with van der Waals surface area (Å²) < 4.78 is 6.15. The number of halogens is 1. The molecule has 3 aliphatic carbocycles. The first-order chi connectivity index (χ1) is 17.9. The highest BCUT2D eigenvalue weighted by molar-refractivity contribution is 6.31. The van der Waals surface area contributed by atoms with Crippen molar-refractivity contribution in [1.82, 2.24) is 4.90 Å². The van der Waals surface area contributed by atoms with Gasteiger partial charge in [-0.1, -0.05) is 48.4 Å². The van der Waals surface area contributed by atoms with Crippen LogP contribution in [0.3, 0.4) is 0 Å². The first kappa shape index (κ1) is 24.3. The number of aryl methyl sites for hydroxylation is 1. The number of nitrogens with zero attached hydrogens (tertiary/aromatic N) is 2. The van der Waals surface area contributed by atoms with Crippen LogP contribution < -0.4 is 4.90 Å². The van der Waals surface area contributed by atoms with Crippen molar-refractivity contribution >= 4 is 35.3 Å². The largest absolute Gasteiger partial charge is 0.481 e. The summed E-state index contributed by atoms with van der Waals surface area (Å²) in [5, 5.41) is 9.70. The van der Waals surface area contributed by atoms with Crippen molar-refractivity contribution in [3.63, 3.8) is 0 Å². The SMILES string of the molecule is O=C(O)CCC(=O)N(C1CC1)C1c2ccc(Cl)cc2N(C(=O)OC2CCc3ccccc32)C2CCCC21. The molecule has 8 heteroatoms. The Morgan fingerprint density at radius 1 is 1.00 bits per heavy atom. The topological polar surface area (TPSA) is 87.2 Å². The van der Waals surface area contributed by atoms with Gasteiger partial charge in [-0.15, -0.1) is 0 Å². The zero-order chi connectivity index (χ0) is 25.7. The van der Waals surface area contributed by atoms with E-state index in [4.69, 9.17) is 16.3 Å². The van der Waals surface area contributed by atoms with E-state index in [0.29, 0.717) is 10.7 Å². The Bertz CT molecular complexity index is 1240. The molecule has 4 atom stereocenters. The summed E-state index contributed by atoms with van der Waals surface area (Å²) in [6, 6.07) is 13.5. The fraction of sp³-hybridized carbons (Fsp3) is 0.483. The molecule has 0 spiro atoms. The number of carboxylic acids is 1. The second kappa shape index (κ2) is 9.67. The van der Waals surface area contributed by atoms with Gasteiger partial charge in [-0.2, -0.15) is 0 Å². The Balaban J connectivity index is 1.35. The number of fused-ring (bicyclic) bond motifs is 3. The van der Waals surface area contributed by atoms with Crippen LogP contribution >= 0.6 is 11.6 Å². The molecule has 2 fully saturated rings. The lowest BCUT2D eigenvalue weighted by molar-refractivity contribution is -0.142. The van der Waals surface area contributed by atoms with E-state index in [1.54, 1.807) is 4.90 Å². The van der Waals surface area contributed by atoms with E-state index in [1.165, 1.54) is 5.56 Å². The van der Waals surface area contributed by atoms with E-state index in [1.807, 2.05) is 41.3 Å². The maximum Gasteiger partial charge on any atom is 0.415 e. The Morgan fingerprint density at radius 2 is 1.81 bits per heavy atom. The molecule has 2 amide bonds. The summed E-state index contributed by atoms with van der Waals surface area (Å²) in [5.74, 6) is -1.03. The third-order valence-corrected chi connectivity index (χ3v) is 8.67. The second-order valence-corrected chi connectivity index (χ2v) is 11.2. The van der Waals surface area contributed by atoms with Crippen molar-refractivity contribution < 1.29 is 24.2 Å². The lowest BCUT2D eigenvalue weighted by atomic mass is 9.81. The maximum atomic E-state index is 13.8. The molecule has 0 radical (unpaired) electrons. The van der Waals surface area contributed by atoms with Crippen LogP contribution in [0.15, 0.2) is 42.5 Å². The number of hydrogen-bond acceptors (Lipinski definition) is 4. The van der Waals surface area contributed by atoms with Crippen LogP contribution in [0.25, 0.3) is 0 Å². The smallest absolute Gasteiger partial charge is 0.415 e. The maximum absolute atomic E-state index is 13.8. The molecule has 2 aromatic rings. The normalized spacial score (nSPS) is 25.7. The lowest BCUT2D eigenvalue weighted by Crippen LogP contribution is -2.53. The molecule has 37 heavy (non-hydrogen) atoms. The van der Waals surface area contributed by atoms with Crippen LogP contribution in [0.1, 0.15) is 80.2 Å². The monoisotopic (exact) mass is 522 g/mol. The highest BCUT2D eigenvalue weighted by atomic mass is 35.5. The molecule has 4 aliphatic rings. The molecule has 7 nitrogen and oxygen atoms in total. The fourth-order valence-electron chi connectivity index (χ4n) is 6.73. The van der Waals surface area contributed by atoms with E-state index in [0.717, 1.165) is 56.1 Å². The lowest BCUT2D eigenvalue weighted by Gasteiger charge is -2.47. The summed E-state index contributed by atoms with van der Waals surface area (Å²) in [6.45, 7) is 0. The summed E-state index contributed by atoms with van der Waals surface area (Å²) in [4.78, 5) is 42.2. The number of amides is 2. The minimum atomic E-state index is -0.971. The standard InChI is InChI=1S/C29H31ClN2O5/c30-18-9-12-22-24(16-18)32(29(36)37-25-13-8-17-4-1-2-5-20(17)25)23-7-3-6-21(23)28(22)31(19-10-11-19)26(33)14-15-27(34)35/h1-2,4-5,9,12,16,19,21,23,25,28H,3,6-8,10-11,13-15H2,(H,34,35). The summed E-state index contributed by atoms with van der Waals surface area (Å²) in [6.07, 6.45) is 5.32. The van der Waals surface area contributed by atoms with Gasteiger partial charge in [0.2, 0.25) is 5.91 Å². The molecule has 2 aromatic carbocycles. The molecular formula is C29H31ClN2O5. The minimum absolute atomic E-state index is 0.0184. The van der Waals surface area contributed by atoms with Crippen LogP contribution in [0.4, 0.5) is 10.5 Å². The molecule has 0 bridgehead atoms. The van der Waals surface area contributed by atoms with Crippen molar-refractivity contribution in [2.45, 2.75) is 82.0 Å². The molecule has 1 N–H and O–H groups in total. The van der Waals surface area contributed by atoms with Gasteiger partial charge < -0.3 is 14.7 Å². The number of carbonyl (C=O) groups excluding carboxylic acids is 2. The van der Waals surface area contributed by atoms with E-state index in [9.17, 15) is 19.5 Å². The third kappa shape index (κ3) is 4.48. The van der Waals surface area contributed by atoms with Gasteiger partial charge in [0, 0.05) is 29.4 Å². The average molecular weight is 523 g/mol. The second-order valence-electron chi connectivity index (χ2n) is 10.7. The van der Waals surface area contributed by atoms with Crippen molar-refractivity contribution in [2.75, 3.05) is 4.90 Å². The number of carbonyl (C=O) groups is 3. The number of ether oxygens (including phenoxy) is 1. The van der Waals surface area contributed by atoms with Gasteiger partial charge in [0.25, 0.3) is 0 Å². The zero-order valence-corrected chi connectivity index (χ0v) is 21.4. The molecular weight excluding hydrogens is 492 g/mol. The predicted octanol–water partition coefficient (Wildman–Crippen LogP) is 6.05. The Hall–Kier alpha value is -3.06. The van der Waals surface area contributed by atoms with Crippen molar-refractivity contribution in [3.05, 3.63) is 64.2 Å². The van der Waals surface area contributed by atoms with Crippen molar-refractivity contribution in [2.24, 2.45) is 5.92 Å². The number of benzene rings is 2. The van der Waals surface area contributed by atoms with E-state index >= 15 is 0 Å². The zero-order valence-electron chi connectivity index (χ0n) is 20.6. The van der Waals surface area contributed by atoms with Gasteiger partial charge in [0.1, 0.15) is 6.10 Å². The summed E-state index contributed by atoms with van der Waals surface area (Å²) >= 11 is 6.45. The van der Waals surface area contributed by atoms with Gasteiger partial charge in [0.05, 0.1) is 18.2 Å². The van der Waals surface area contributed by atoms with E-state index in [-0.39, 0.29) is 55.0 Å². The first-order valence-electron chi connectivity index (χ1n) is 13.3. The number of aliphatic carboxylic acids is 1. The number of hydrogen-bond donors (Lipinski definition) is 1. The molecule has 4 unspecified atom stereocenters. The van der Waals surface area contributed by atoms with E-state index < -0.39 is 5.97 Å². The van der Waals surface area contributed by atoms with Crippen LogP contribution in [-0.2, 0) is 20.7 Å². The molecule has 0 saturated heterocycles. The van der Waals surface area contributed by atoms with Gasteiger partial charge in [0.15, 0.2) is 0 Å². The quantitative estimate of drug-likeness (QED) is 0.499. The van der Waals surface area contributed by atoms with Crippen LogP contribution in [0, 0.1) is 5.92 Å². The Kier molecular flexibility index (Phi) is 6.35. The molecule has 1 aliphatic heterocycles. The van der Waals surface area contributed by atoms with Gasteiger partial charge in [-0.3, -0.25) is 14.5 Å². The Morgan fingerprint density at radius 3 is 2.59 bits per heavy atom. The van der Waals surface area contributed by atoms with Gasteiger partial charge >= 0.3 is 12.1 Å². The van der Waals surface area contributed by atoms with Crippen molar-refractivity contribution in [1.29, 1.82) is 0 Å². The number of carboxylic acid groups (broad SMARTS) is 1. The Labute approximate surface area is 221 Å². The molecule has 6 rings (SSSR count). The van der Waals surface area contributed by atoms with Gasteiger partial charge in [-0.25, -0.2) is 4.79 Å². The molecule has 0 aromatic heterocycles. The average Bonchev–Trinajstić information content (AvgIpc) is 3.45. The fourth-order valence-corrected chi connectivity index (χ4v) is 6.90. The highest BCUT2D eigenvalue weighted by Gasteiger charge is 2.52. The first-order valence-corrected chi connectivity index (χ1v) is 13.7. The van der Waals surface area contributed by atoms with Crippen LogP contribution in [-0.4, -0.2) is 40.1 Å². The summed E-state index contributed by atoms with van der Waals surface area (Å²) in [5.41, 5.74) is 3.89.